The van der Waals surface area contributed by atoms with Gasteiger partial charge in [-0.2, -0.15) is 0 Å². The number of nitrogens with zero attached hydrogens (tertiary/aromatic N) is 2. The molecule has 1 N–H and O–H groups in total. The van der Waals surface area contributed by atoms with E-state index >= 15 is 0 Å². The van der Waals surface area contributed by atoms with Crippen LogP contribution < -0.4 is 15.0 Å². The fourth-order valence-electron chi connectivity index (χ4n) is 3.19. The van der Waals surface area contributed by atoms with Gasteiger partial charge >= 0.3 is 5.97 Å². The maximum Gasteiger partial charge on any atom is 0.339 e. The normalized spacial score (nSPS) is 15.2. The first-order valence-corrected chi connectivity index (χ1v) is 9.46. The molecule has 10 heteroatoms. The van der Waals surface area contributed by atoms with Crippen LogP contribution >= 0.6 is 0 Å². The molecule has 0 radical (unpaired) electrons. The molecule has 2 aromatic carbocycles. The van der Waals surface area contributed by atoms with Crippen LogP contribution in [0.5, 0.6) is 5.75 Å². The average molecular weight is 427 g/mol. The van der Waals surface area contributed by atoms with Crippen molar-refractivity contribution in [3.05, 3.63) is 58.1 Å². The van der Waals surface area contributed by atoms with E-state index < -0.39 is 28.8 Å². The molecule has 0 fully saturated rings. The van der Waals surface area contributed by atoms with Crippen LogP contribution in [0.25, 0.3) is 0 Å². The molecule has 2 amide bonds. The summed E-state index contributed by atoms with van der Waals surface area (Å²) in [5.74, 6) is -1.69. The average Bonchev–Trinajstić information content (AvgIpc) is 2.74. The number of amides is 2. The van der Waals surface area contributed by atoms with Gasteiger partial charge in [0.05, 0.1) is 35.0 Å². The number of methoxy groups -OCH3 is 1. The topological polar surface area (TPSA) is 128 Å². The van der Waals surface area contributed by atoms with Crippen molar-refractivity contribution >= 4 is 34.8 Å². The third-order valence-electron chi connectivity index (χ3n) is 4.72. The molecule has 1 aliphatic rings. The number of para-hydroxylation sites is 1. The number of hydrogen-bond acceptors (Lipinski definition) is 7. The molecule has 1 aliphatic heterocycles. The number of anilines is 2. The molecule has 31 heavy (non-hydrogen) atoms. The molecule has 162 valence electrons. The van der Waals surface area contributed by atoms with Crippen LogP contribution in [0, 0.1) is 16.0 Å². The van der Waals surface area contributed by atoms with Gasteiger partial charge in [-0.25, -0.2) is 4.79 Å². The Morgan fingerprint density at radius 2 is 1.97 bits per heavy atom. The van der Waals surface area contributed by atoms with Crippen molar-refractivity contribution in [3.8, 4) is 5.75 Å². The van der Waals surface area contributed by atoms with Crippen molar-refractivity contribution in [2.75, 3.05) is 23.9 Å². The zero-order valence-corrected chi connectivity index (χ0v) is 17.2. The van der Waals surface area contributed by atoms with Crippen LogP contribution in [0.2, 0.25) is 0 Å². The summed E-state index contributed by atoms with van der Waals surface area (Å²) in [5, 5.41) is 13.7. The summed E-state index contributed by atoms with van der Waals surface area (Å²) in [6.45, 7) is 3.18. The Labute approximate surface area is 177 Å². The minimum Gasteiger partial charge on any atom is -0.478 e. The lowest BCUT2D eigenvalue weighted by Crippen LogP contribution is -2.50. The molecule has 1 atom stereocenters. The number of ether oxygens (including phenoxy) is 2. The lowest BCUT2D eigenvalue weighted by molar-refractivity contribution is -0.384. The highest BCUT2D eigenvalue weighted by atomic mass is 16.6. The number of carbonyl (C=O) groups is 3. The molecule has 0 aromatic heterocycles. The van der Waals surface area contributed by atoms with Gasteiger partial charge in [-0.05, 0) is 24.1 Å². The molecule has 3 rings (SSSR count). The number of esters is 1. The Morgan fingerprint density at radius 1 is 1.26 bits per heavy atom. The number of fused-ring (bicyclic) bond motifs is 1. The van der Waals surface area contributed by atoms with Crippen LogP contribution in [-0.4, -0.2) is 42.5 Å². The summed E-state index contributed by atoms with van der Waals surface area (Å²) < 4.78 is 10.4. The van der Waals surface area contributed by atoms with Crippen LogP contribution in [0.1, 0.15) is 24.2 Å². The van der Waals surface area contributed by atoms with Crippen LogP contribution in [-0.2, 0) is 14.3 Å². The van der Waals surface area contributed by atoms with Crippen LogP contribution in [0.3, 0.4) is 0 Å². The minimum atomic E-state index is -0.898. The zero-order valence-electron chi connectivity index (χ0n) is 17.2. The van der Waals surface area contributed by atoms with Crippen molar-refractivity contribution in [2.45, 2.75) is 20.0 Å². The van der Waals surface area contributed by atoms with Gasteiger partial charge in [-0.3, -0.25) is 24.6 Å². The standard InChI is InChI=1S/C21H21N3O7/c1-12(2)19-20(26)23(16-9-8-13(24(28)29)10-17(16)31-19)11-18(25)22-15-7-5-4-6-14(15)21(27)30-3/h4-10,12,19H,11H2,1-3H3,(H,22,25). The molecular formula is C21H21N3O7. The fraction of sp³-hybridized carbons (Fsp3) is 0.286. The van der Waals surface area contributed by atoms with Gasteiger partial charge in [-0.1, -0.05) is 26.0 Å². The summed E-state index contributed by atoms with van der Waals surface area (Å²) >= 11 is 0. The quantitative estimate of drug-likeness (QED) is 0.426. The summed E-state index contributed by atoms with van der Waals surface area (Å²) in [4.78, 5) is 49.4. The third-order valence-corrected chi connectivity index (χ3v) is 4.72. The van der Waals surface area contributed by atoms with Crippen LogP contribution in [0.15, 0.2) is 42.5 Å². The van der Waals surface area contributed by atoms with Crippen LogP contribution in [0.4, 0.5) is 17.1 Å². The highest BCUT2D eigenvalue weighted by Gasteiger charge is 2.38. The van der Waals surface area contributed by atoms with Gasteiger partial charge in [-0.15, -0.1) is 0 Å². The van der Waals surface area contributed by atoms with E-state index in [-0.39, 0.29) is 40.8 Å². The number of non-ortho nitro benzene ring substituents is 1. The molecule has 0 aliphatic carbocycles. The van der Waals surface area contributed by atoms with Gasteiger partial charge < -0.3 is 14.8 Å². The number of nitro groups is 1. The first-order chi connectivity index (χ1) is 14.7. The molecule has 0 saturated carbocycles. The number of rotatable bonds is 6. The van der Waals surface area contributed by atoms with E-state index in [0.29, 0.717) is 0 Å². The summed E-state index contributed by atoms with van der Waals surface area (Å²) in [6, 6.07) is 10.2. The lowest BCUT2D eigenvalue weighted by Gasteiger charge is -2.35. The maximum absolute atomic E-state index is 13.0. The molecule has 0 bridgehead atoms. The van der Waals surface area contributed by atoms with Gasteiger partial charge in [0.1, 0.15) is 6.54 Å². The van der Waals surface area contributed by atoms with Gasteiger partial charge in [0, 0.05) is 6.07 Å². The highest BCUT2D eigenvalue weighted by Crippen LogP contribution is 2.38. The second kappa shape index (κ2) is 8.82. The van der Waals surface area contributed by atoms with Crippen molar-refractivity contribution in [1.29, 1.82) is 0 Å². The van der Waals surface area contributed by atoms with Gasteiger partial charge in [0.2, 0.25) is 5.91 Å². The number of nitrogens with one attached hydrogen (secondary N) is 1. The molecule has 2 aromatic rings. The first-order valence-electron chi connectivity index (χ1n) is 9.46. The van der Waals surface area contributed by atoms with Crippen molar-refractivity contribution < 1.29 is 28.8 Å². The summed E-state index contributed by atoms with van der Waals surface area (Å²) in [6.07, 6.45) is -0.898. The van der Waals surface area contributed by atoms with Crippen molar-refractivity contribution in [2.24, 2.45) is 5.92 Å². The second-order valence-electron chi connectivity index (χ2n) is 7.20. The zero-order chi connectivity index (χ0) is 22.7. The number of hydrogen-bond donors (Lipinski definition) is 1. The van der Waals surface area contributed by atoms with E-state index in [0.717, 1.165) is 0 Å². The van der Waals surface area contributed by atoms with E-state index in [1.165, 1.54) is 36.3 Å². The van der Waals surface area contributed by atoms with E-state index in [9.17, 15) is 24.5 Å². The lowest BCUT2D eigenvalue weighted by atomic mass is 10.0. The summed E-state index contributed by atoms with van der Waals surface area (Å²) in [5.41, 5.74) is 0.475. The number of nitro benzene ring substituents is 1. The number of carbonyl (C=O) groups excluding carboxylic acids is 3. The van der Waals surface area contributed by atoms with E-state index in [1.807, 2.05) is 0 Å². The predicted molar refractivity (Wildman–Crippen MR) is 111 cm³/mol. The largest absolute Gasteiger partial charge is 0.478 e. The second-order valence-corrected chi connectivity index (χ2v) is 7.20. The maximum atomic E-state index is 13.0. The molecular weight excluding hydrogens is 406 g/mol. The van der Waals surface area contributed by atoms with Gasteiger partial charge in [0.25, 0.3) is 11.6 Å². The minimum absolute atomic E-state index is 0.148. The highest BCUT2D eigenvalue weighted by molar-refractivity contribution is 6.08. The molecule has 10 nitrogen and oxygen atoms in total. The molecule has 1 heterocycles. The SMILES string of the molecule is COC(=O)c1ccccc1NC(=O)CN1C(=O)C(C(C)C)Oc2cc([N+](=O)[O-])ccc21. The third kappa shape index (κ3) is 4.47. The Bertz CT molecular complexity index is 1050. The van der Waals surface area contributed by atoms with E-state index in [4.69, 9.17) is 9.47 Å². The van der Waals surface area contributed by atoms with Gasteiger partial charge in [0.15, 0.2) is 11.9 Å². The van der Waals surface area contributed by atoms with E-state index in [2.05, 4.69) is 5.32 Å². The first kappa shape index (κ1) is 21.8. The Morgan fingerprint density at radius 3 is 2.61 bits per heavy atom. The fourth-order valence-corrected chi connectivity index (χ4v) is 3.19. The van der Waals surface area contributed by atoms with E-state index in [1.54, 1.807) is 32.0 Å². The number of benzene rings is 2. The Hall–Kier alpha value is -3.95. The summed E-state index contributed by atoms with van der Waals surface area (Å²) in [7, 11) is 1.23. The van der Waals surface area contributed by atoms with Crippen molar-refractivity contribution in [1.82, 2.24) is 0 Å². The smallest absolute Gasteiger partial charge is 0.339 e. The Kier molecular flexibility index (Phi) is 6.19. The molecule has 0 saturated heterocycles. The Balaban J connectivity index is 1.90. The molecule has 1 unspecified atom stereocenters. The predicted octanol–water partition coefficient (Wildman–Crippen LogP) is 2.77. The molecule has 0 spiro atoms. The van der Waals surface area contributed by atoms with Crippen molar-refractivity contribution in [3.63, 3.8) is 0 Å². The monoisotopic (exact) mass is 427 g/mol.